The highest BCUT2D eigenvalue weighted by molar-refractivity contribution is 5.37. The van der Waals surface area contributed by atoms with E-state index in [0.29, 0.717) is 0 Å². The molecule has 0 amide bonds. The summed E-state index contributed by atoms with van der Waals surface area (Å²) in [6.45, 7) is 4.04. The van der Waals surface area contributed by atoms with Gasteiger partial charge in [0.15, 0.2) is 0 Å². The maximum atomic E-state index is 4.17. The van der Waals surface area contributed by atoms with Crippen LogP contribution in [0.3, 0.4) is 0 Å². The molecule has 2 aromatic heterocycles. The van der Waals surface area contributed by atoms with Gasteiger partial charge < -0.3 is 5.32 Å². The lowest BCUT2D eigenvalue weighted by molar-refractivity contribution is 0.866. The van der Waals surface area contributed by atoms with Gasteiger partial charge in [-0.1, -0.05) is 0 Å². The maximum absolute atomic E-state index is 4.17. The van der Waals surface area contributed by atoms with Gasteiger partial charge >= 0.3 is 0 Å². The van der Waals surface area contributed by atoms with Gasteiger partial charge in [0.25, 0.3) is 0 Å². The molecule has 0 aliphatic rings. The molecule has 2 heterocycles. The number of anilines is 1. The molecule has 0 aliphatic heterocycles. The molecule has 4 heteroatoms. The Morgan fingerprint density at radius 1 is 1.19 bits per heavy atom. The standard InChI is InChI=1S/C12H14N4/c1-9-7-12(15-8-14-9)16-10(2)11-3-5-13-6-4-11/h3-8,10H,1-2H3,(H,14,15,16). The zero-order valence-electron chi connectivity index (χ0n) is 9.38. The minimum Gasteiger partial charge on any atom is -0.363 e. The maximum Gasteiger partial charge on any atom is 0.130 e. The third-order valence-corrected chi connectivity index (χ3v) is 2.37. The van der Waals surface area contributed by atoms with Crippen molar-refractivity contribution >= 4 is 5.82 Å². The van der Waals surface area contributed by atoms with E-state index in [4.69, 9.17) is 0 Å². The van der Waals surface area contributed by atoms with Gasteiger partial charge in [-0.15, -0.1) is 0 Å². The highest BCUT2D eigenvalue weighted by Crippen LogP contribution is 2.16. The Balaban J connectivity index is 2.11. The topological polar surface area (TPSA) is 50.7 Å². The van der Waals surface area contributed by atoms with E-state index in [1.54, 1.807) is 18.7 Å². The van der Waals surface area contributed by atoms with Gasteiger partial charge in [0.1, 0.15) is 12.1 Å². The minimum absolute atomic E-state index is 0.206. The highest BCUT2D eigenvalue weighted by atomic mass is 15.0. The second-order valence-electron chi connectivity index (χ2n) is 3.69. The van der Waals surface area contributed by atoms with Crippen LogP contribution in [0.4, 0.5) is 5.82 Å². The van der Waals surface area contributed by atoms with Gasteiger partial charge in [-0.25, -0.2) is 9.97 Å². The summed E-state index contributed by atoms with van der Waals surface area (Å²) < 4.78 is 0. The number of aryl methyl sites for hydroxylation is 1. The number of rotatable bonds is 3. The fraction of sp³-hybridized carbons (Fsp3) is 0.250. The monoisotopic (exact) mass is 214 g/mol. The molecule has 0 aliphatic carbocycles. The SMILES string of the molecule is Cc1cc(NC(C)c2ccncc2)ncn1. The Labute approximate surface area is 94.8 Å². The molecule has 82 valence electrons. The van der Waals surface area contributed by atoms with Crippen LogP contribution in [-0.4, -0.2) is 15.0 Å². The zero-order chi connectivity index (χ0) is 11.4. The molecule has 0 radical (unpaired) electrons. The molecule has 2 rings (SSSR count). The Morgan fingerprint density at radius 2 is 1.94 bits per heavy atom. The Kier molecular flexibility index (Phi) is 3.10. The first-order valence-corrected chi connectivity index (χ1v) is 5.21. The third kappa shape index (κ3) is 2.53. The molecule has 0 bridgehead atoms. The van der Waals surface area contributed by atoms with Crippen LogP contribution in [0, 0.1) is 6.92 Å². The predicted molar refractivity (Wildman–Crippen MR) is 63.0 cm³/mol. The molecule has 0 fully saturated rings. The lowest BCUT2D eigenvalue weighted by Crippen LogP contribution is -2.08. The van der Waals surface area contributed by atoms with Gasteiger partial charge in [0.2, 0.25) is 0 Å². The molecule has 16 heavy (non-hydrogen) atoms. The number of hydrogen-bond donors (Lipinski definition) is 1. The quantitative estimate of drug-likeness (QED) is 0.852. The van der Waals surface area contributed by atoms with Gasteiger partial charge in [-0.05, 0) is 31.5 Å². The van der Waals surface area contributed by atoms with Gasteiger partial charge in [-0.3, -0.25) is 4.98 Å². The number of aromatic nitrogens is 3. The Hall–Kier alpha value is -1.97. The number of hydrogen-bond acceptors (Lipinski definition) is 4. The molecule has 2 aromatic rings. The predicted octanol–water partition coefficient (Wildman–Crippen LogP) is 2.35. The fourth-order valence-corrected chi connectivity index (χ4v) is 1.49. The zero-order valence-corrected chi connectivity index (χ0v) is 9.38. The Bertz CT molecular complexity index is 456. The summed E-state index contributed by atoms with van der Waals surface area (Å²) in [7, 11) is 0. The highest BCUT2D eigenvalue weighted by Gasteiger charge is 2.05. The average Bonchev–Trinajstić information content (AvgIpc) is 2.30. The molecule has 0 spiro atoms. The van der Waals surface area contributed by atoms with Crippen molar-refractivity contribution in [3.05, 3.63) is 48.2 Å². The molecule has 4 nitrogen and oxygen atoms in total. The second kappa shape index (κ2) is 4.70. The van der Waals surface area contributed by atoms with Crippen LogP contribution >= 0.6 is 0 Å². The fourth-order valence-electron chi connectivity index (χ4n) is 1.49. The van der Waals surface area contributed by atoms with E-state index in [2.05, 4.69) is 27.2 Å². The number of nitrogens with one attached hydrogen (secondary N) is 1. The molecule has 1 unspecified atom stereocenters. The minimum atomic E-state index is 0.206. The smallest absolute Gasteiger partial charge is 0.130 e. The molecule has 0 saturated heterocycles. The lowest BCUT2D eigenvalue weighted by atomic mass is 10.1. The summed E-state index contributed by atoms with van der Waals surface area (Å²) in [4.78, 5) is 12.2. The summed E-state index contributed by atoms with van der Waals surface area (Å²) in [5, 5.41) is 3.32. The summed E-state index contributed by atoms with van der Waals surface area (Å²) in [5.41, 5.74) is 2.14. The van der Waals surface area contributed by atoms with E-state index in [9.17, 15) is 0 Å². The number of nitrogens with zero attached hydrogens (tertiary/aromatic N) is 3. The van der Waals surface area contributed by atoms with Gasteiger partial charge in [0.05, 0.1) is 6.04 Å². The second-order valence-corrected chi connectivity index (χ2v) is 3.69. The van der Waals surface area contributed by atoms with Crippen LogP contribution in [0.25, 0.3) is 0 Å². The van der Waals surface area contributed by atoms with Crippen molar-refractivity contribution in [1.82, 2.24) is 15.0 Å². The van der Waals surface area contributed by atoms with Crippen LogP contribution in [0.15, 0.2) is 36.9 Å². The van der Waals surface area contributed by atoms with Crippen LogP contribution in [0.1, 0.15) is 24.2 Å². The van der Waals surface area contributed by atoms with E-state index in [1.807, 2.05) is 25.1 Å². The molecule has 1 N–H and O–H groups in total. The van der Waals surface area contributed by atoms with E-state index < -0.39 is 0 Å². The van der Waals surface area contributed by atoms with E-state index in [1.165, 1.54) is 5.56 Å². The average molecular weight is 214 g/mol. The van der Waals surface area contributed by atoms with E-state index in [-0.39, 0.29) is 6.04 Å². The first-order valence-electron chi connectivity index (χ1n) is 5.21. The summed E-state index contributed by atoms with van der Waals surface area (Å²) in [6.07, 6.45) is 5.15. The lowest BCUT2D eigenvalue weighted by Gasteiger charge is -2.14. The molecular weight excluding hydrogens is 200 g/mol. The van der Waals surface area contributed by atoms with Crippen LogP contribution in [0.2, 0.25) is 0 Å². The van der Waals surface area contributed by atoms with E-state index in [0.717, 1.165) is 11.5 Å². The molecular formula is C12H14N4. The van der Waals surface area contributed by atoms with Crippen LogP contribution in [0.5, 0.6) is 0 Å². The first-order chi connectivity index (χ1) is 7.75. The van der Waals surface area contributed by atoms with Crippen molar-refractivity contribution in [2.45, 2.75) is 19.9 Å². The summed E-state index contributed by atoms with van der Waals surface area (Å²) in [5.74, 6) is 0.844. The summed E-state index contributed by atoms with van der Waals surface area (Å²) >= 11 is 0. The molecule has 0 aromatic carbocycles. The van der Waals surface area contributed by atoms with Crippen molar-refractivity contribution in [3.8, 4) is 0 Å². The van der Waals surface area contributed by atoms with Crippen molar-refractivity contribution in [1.29, 1.82) is 0 Å². The van der Waals surface area contributed by atoms with E-state index >= 15 is 0 Å². The van der Waals surface area contributed by atoms with Crippen molar-refractivity contribution in [2.24, 2.45) is 0 Å². The van der Waals surface area contributed by atoms with Crippen LogP contribution < -0.4 is 5.32 Å². The van der Waals surface area contributed by atoms with Crippen molar-refractivity contribution in [2.75, 3.05) is 5.32 Å². The molecule has 0 saturated carbocycles. The van der Waals surface area contributed by atoms with Crippen LogP contribution in [-0.2, 0) is 0 Å². The molecule has 1 atom stereocenters. The normalized spacial score (nSPS) is 12.1. The van der Waals surface area contributed by atoms with Crippen molar-refractivity contribution < 1.29 is 0 Å². The van der Waals surface area contributed by atoms with Gasteiger partial charge in [0, 0.05) is 24.2 Å². The Morgan fingerprint density at radius 3 is 2.62 bits per heavy atom. The summed E-state index contributed by atoms with van der Waals surface area (Å²) in [6, 6.07) is 6.12. The van der Waals surface area contributed by atoms with Crippen molar-refractivity contribution in [3.63, 3.8) is 0 Å². The largest absolute Gasteiger partial charge is 0.363 e. The van der Waals surface area contributed by atoms with Gasteiger partial charge in [-0.2, -0.15) is 0 Å². The number of pyridine rings is 1. The first kappa shape index (κ1) is 10.5. The third-order valence-electron chi connectivity index (χ3n) is 2.37.